The number of nitrogens with one attached hydrogen (secondary N) is 1. The van der Waals surface area contributed by atoms with E-state index in [0.29, 0.717) is 12.2 Å². The molecule has 3 aromatic carbocycles. The number of anilines is 2. The maximum Gasteiger partial charge on any atom is 0.258 e. The average Bonchev–Trinajstić information content (AvgIpc) is 2.84. The zero-order valence-electron chi connectivity index (χ0n) is 18.9. The zero-order chi connectivity index (χ0) is 24.1. The fraction of sp³-hybridized carbons (Fsp3) is 0.148. The predicted molar refractivity (Wildman–Crippen MR) is 131 cm³/mol. The monoisotopic (exact) mass is 460 g/mol. The van der Waals surface area contributed by atoms with E-state index in [4.69, 9.17) is 0 Å². The maximum absolute atomic E-state index is 14.8. The second-order valence-electron chi connectivity index (χ2n) is 8.08. The molecule has 34 heavy (non-hydrogen) atoms. The molecule has 0 unspecified atom stereocenters. The summed E-state index contributed by atoms with van der Waals surface area (Å²) < 4.78 is 28.0. The molecule has 0 atom stereocenters. The van der Waals surface area contributed by atoms with E-state index in [1.807, 2.05) is 44.2 Å². The quantitative estimate of drug-likeness (QED) is 0.344. The fourth-order valence-corrected chi connectivity index (χ4v) is 3.54. The van der Waals surface area contributed by atoms with Gasteiger partial charge in [0.25, 0.3) is 5.91 Å². The van der Waals surface area contributed by atoms with E-state index in [9.17, 15) is 13.6 Å². The van der Waals surface area contributed by atoms with E-state index in [0.717, 1.165) is 5.56 Å². The van der Waals surface area contributed by atoms with Crippen LogP contribution in [0, 0.1) is 11.6 Å². The van der Waals surface area contributed by atoms with Crippen molar-refractivity contribution in [2.45, 2.75) is 26.4 Å². The molecule has 4 rings (SSSR count). The number of carbonyl (C=O) groups is 1. The van der Waals surface area contributed by atoms with Crippen molar-refractivity contribution >= 4 is 17.5 Å². The van der Waals surface area contributed by atoms with E-state index in [1.54, 1.807) is 35.2 Å². The van der Waals surface area contributed by atoms with Gasteiger partial charge >= 0.3 is 0 Å². The molecule has 7 heteroatoms. The molecule has 0 radical (unpaired) electrons. The Kier molecular flexibility index (Phi) is 6.92. The van der Waals surface area contributed by atoms with Crippen LogP contribution in [0.3, 0.4) is 0 Å². The minimum Gasteiger partial charge on any atom is -0.332 e. The van der Waals surface area contributed by atoms with Crippen molar-refractivity contribution in [3.63, 3.8) is 0 Å². The molecule has 0 aliphatic heterocycles. The number of hydrogen-bond donors (Lipinski definition) is 1. The first kappa shape index (κ1) is 23.0. The van der Waals surface area contributed by atoms with Crippen LogP contribution in [0.4, 0.5) is 20.4 Å². The number of carbonyl (C=O) groups excluding carboxylic acids is 1. The van der Waals surface area contributed by atoms with Crippen molar-refractivity contribution in [1.82, 2.24) is 14.9 Å². The normalized spacial score (nSPS) is 10.9. The third kappa shape index (κ3) is 5.26. The van der Waals surface area contributed by atoms with Crippen molar-refractivity contribution in [1.29, 1.82) is 0 Å². The van der Waals surface area contributed by atoms with Crippen molar-refractivity contribution in [3.8, 4) is 11.3 Å². The SMILES string of the molecule is CC(C)N(Cc1ccccc1)C(=O)c1cnc(Nc2ccc(F)cc2)nc1-c1ccccc1F.[HH]. The van der Waals surface area contributed by atoms with Crippen LogP contribution in [0.25, 0.3) is 11.3 Å². The minimum absolute atomic E-state index is 0. The highest BCUT2D eigenvalue weighted by atomic mass is 19.1. The van der Waals surface area contributed by atoms with E-state index < -0.39 is 5.82 Å². The summed E-state index contributed by atoms with van der Waals surface area (Å²) in [6.07, 6.45) is 1.41. The molecule has 0 fully saturated rings. The molecule has 5 nitrogen and oxygen atoms in total. The first-order valence-electron chi connectivity index (χ1n) is 10.9. The molecule has 0 spiro atoms. The molecule has 1 aromatic heterocycles. The molecule has 4 aromatic rings. The van der Waals surface area contributed by atoms with Gasteiger partial charge in [-0.3, -0.25) is 4.79 Å². The molecule has 0 aliphatic carbocycles. The van der Waals surface area contributed by atoms with Gasteiger partial charge in [0.1, 0.15) is 11.6 Å². The molecule has 0 bridgehead atoms. The highest BCUT2D eigenvalue weighted by Crippen LogP contribution is 2.28. The topological polar surface area (TPSA) is 58.1 Å². The summed E-state index contributed by atoms with van der Waals surface area (Å²) in [4.78, 5) is 24.1. The van der Waals surface area contributed by atoms with Crippen molar-refractivity contribution in [2.75, 3.05) is 5.32 Å². The summed E-state index contributed by atoms with van der Waals surface area (Å²) >= 11 is 0. The third-order valence-corrected chi connectivity index (χ3v) is 5.33. The summed E-state index contributed by atoms with van der Waals surface area (Å²) in [7, 11) is 0. The van der Waals surface area contributed by atoms with Crippen LogP contribution in [0.1, 0.15) is 31.2 Å². The second-order valence-corrected chi connectivity index (χ2v) is 8.08. The Bertz CT molecular complexity index is 1280. The Morgan fingerprint density at radius 3 is 2.32 bits per heavy atom. The number of rotatable bonds is 7. The lowest BCUT2D eigenvalue weighted by Crippen LogP contribution is -2.37. The molecule has 174 valence electrons. The number of hydrogen-bond acceptors (Lipinski definition) is 4. The van der Waals surface area contributed by atoms with E-state index in [2.05, 4.69) is 15.3 Å². The van der Waals surface area contributed by atoms with Gasteiger partial charge in [-0.15, -0.1) is 0 Å². The number of benzene rings is 3. The Hall–Kier alpha value is -4.13. The van der Waals surface area contributed by atoms with Gasteiger partial charge in [0.2, 0.25) is 5.95 Å². The van der Waals surface area contributed by atoms with Crippen molar-refractivity contribution in [3.05, 3.63) is 108 Å². The molecular weight excluding hydrogens is 434 g/mol. The van der Waals surface area contributed by atoms with E-state index in [1.165, 1.54) is 24.4 Å². The number of amides is 1. The molecular formula is C27H26F2N4O. The van der Waals surface area contributed by atoms with Crippen molar-refractivity contribution < 1.29 is 15.0 Å². The Balaban J connectivity index is 0.00000342. The molecule has 0 saturated heterocycles. The number of nitrogens with zero attached hydrogens (tertiary/aromatic N) is 3. The third-order valence-electron chi connectivity index (χ3n) is 5.33. The highest BCUT2D eigenvalue weighted by molar-refractivity contribution is 6.00. The molecule has 1 amide bonds. The number of aromatic nitrogens is 2. The van der Waals surface area contributed by atoms with Gasteiger partial charge in [-0.1, -0.05) is 42.5 Å². The Morgan fingerprint density at radius 2 is 1.65 bits per heavy atom. The first-order chi connectivity index (χ1) is 16.4. The summed E-state index contributed by atoms with van der Waals surface area (Å²) in [5.74, 6) is -1.00. The van der Waals surface area contributed by atoms with Crippen LogP contribution in [0.5, 0.6) is 0 Å². The van der Waals surface area contributed by atoms with Crippen LogP contribution < -0.4 is 5.32 Å². The molecule has 1 heterocycles. The molecule has 0 saturated carbocycles. The lowest BCUT2D eigenvalue weighted by molar-refractivity contribution is 0.0690. The summed E-state index contributed by atoms with van der Waals surface area (Å²) in [6, 6.07) is 21.4. The standard InChI is InChI=1S/C27H24F2N4O.H2/c1-18(2)33(17-19-8-4-3-5-9-19)26(34)23-16-30-27(31-21-14-12-20(28)13-15-21)32-25(23)22-10-6-7-11-24(22)29;/h3-16,18H,17H2,1-2H3,(H,30,31,32);1H. The van der Waals surface area contributed by atoms with Crippen LogP contribution in [0.15, 0.2) is 85.1 Å². The van der Waals surface area contributed by atoms with Crippen LogP contribution in [-0.2, 0) is 6.54 Å². The fourth-order valence-electron chi connectivity index (χ4n) is 3.54. The van der Waals surface area contributed by atoms with E-state index >= 15 is 0 Å². The van der Waals surface area contributed by atoms with Crippen LogP contribution in [0.2, 0.25) is 0 Å². The lowest BCUT2D eigenvalue weighted by Gasteiger charge is -2.27. The molecule has 0 aliphatic rings. The van der Waals surface area contributed by atoms with Crippen molar-refractivity contribution in [2.24, 2.45) is 0 Å². The van der Waals surface area contributed by atoms with Gasteiger partial charge in [0.15, 0.2) is 0 Å². The minimum atomic E-state index is -0.498. The first-order valence-corrected chi connectivity index (χ1v) is 10.9. The smallest absolute Gasteiger partial charge is 0.258 e. The largest absolute Gasteiger partial charge is 0.332 e. The molecule has 1 N–H and O–H groups in total. The predicted octanol–water partition coefficient (Wildman–Crippen LogP) is 6.46. The lowest BCUT2D eigenvalue weighted by atomic mass is 10.0. The van der Waals surface area contributed by atoms with E-state index in [-0.39, 0.29) is 42.0 Å². The summed E-state index contributed by atoms with van der Waals surface area (Å²) in [5.41, 5.74) is 2.11. The second kappa shape index (κ2) is 10.2. The van der Waals surface area contributed by atoms with Gasteiger partial charge < -0.3 is 10.2 Å². The van der Waals surface area contributed by atoms with Gasteiger partial charge in [-0.25, -0.2) is 18.7 Å². The van der Waals surface area contributed by atoms with Crippen LogP contribution in [-0.4, -0.2) is 26.8 Å². The van der Waals surface area contributed by atoms with Gasteiger partial charge in [-0.05, 0) is 55.8 Å². The Labute approximate surface area is 198 Å². The zero-order valence-corrected chi connectivity index (χ0v) is 18.9. The maximum atomic E-state index is 14.8. The summed E-state index contributed by atoms with van der Waals surface area (Å²) in [6.45, 7) is 4.24. The highest BCUT2D eigenvalue weighted by Gasteiger charge is 2.25. The Morgan fingerprint density at radius 1 is 0.971 bits per heavy atom. The van der Waals surface area contributed by atoms with Gasteiger partial charge in [0.05, 0.1) is 11.3 Å². The van der Waals surface area contributed by atoms with Crippen LogP contribution >= 0.6 is 0 Å². The average molecular weight is 461 g/mol. The number of halogens is 2. The van der Waals surface area contributed by atoms with Gasteiger partial charge in [0, 0.05) is 31.5 Å². The van der Waals surface area contributed by atoms with Gasteiger partial charge in [-0.2, -0.15) is 0 Å². The summed E-state index contributed by atoms with van der Waals surface area (Å²) in [5, 5.41) is 2.98.